The first-order chi connectivity index (χ1) is 8.00. The number of rotatable bonds is 6. The van der Waals surface area contributed by atoms with Crippen molar-refractivity contribution in [1.29, 1.82) is 0 Å². The summed E-state index contributed by atoms with van der Waals surface area (Å²) >= 11 is 0. The van der Waals surface area contributed by atoms with Crippen molar-refractivity contribution in [2.45, 2.75) is 44.6 Å². The van der Waals surface area contributed by atoms with E-state index in [0.717, 1.165) is 25.7 Å². The van der Waals surface area contributed by atoms with Gasteiger partial charge in [-0.15, -0.1) is 0 Å². The van der Waals surface area contributed by atoms with Crippen molar-refractivity contribution in [2.75, 3.05) is 0 Å². The van der Waals surface area contributed by atoms with Crippen LogP contribution in [-0.4, -0.2) is 34.1 Å². The Hall–Kier alpha value is -1.59. The molecule has 17 heavy (non-hydrogen) atoms. The highest BCUT2D eigenvalue weighted by molar-refractivity contribution is 5.85. The second-order valence-electron chi connectivity index (χ2n) is 4.31. The van der Waals surface area contributed by atoms with Crippen LogP contribution in [0.15, 0.2) is 0 Å². The van der Waals surface area contributed by atoms with Gasteiger partial charge in [0.05, 0.1) is 0 Å². The van der Waals surface area contributed by atoms with Crippen LogP contribution in [0.25, 0.3) is 0 Å². The van der Waals surface area contributed by atoms with Gasteiger partial charge in [-0.2, -0.15) is 0 Å². The van der Waals surface area contributed by atoms with Crippen LogP contribution in [0.5, 0.6) is 0 Å². The Labute approximate surface area is 99.0 Å². The van der Waals surface area contributed by atoms with Gasteiger partial charge in [-0.1, -0.05) is 12.8 Å². The third-order valence-electron chi connectivity index (χ3n) is 2.99. The number of hydrogen-bond acceptors (Lipinski definition) is 3. The van der Waals surface area contributed by atoms with Crippen molar-refractivity contribution < 1.29 is 24.6 Å². The van der Waals surface area contributed by atoms with Crippen LogP contribution in [0.4, 0.5) is 0 Å². The van der Waals surface area contributed by atoms with Crippen LogP contribution in [0, 0.1) is 5.92 Å². The summed E-state index contributed by atoms with van der Waals surface area (Å²) in [6.45, 7) is 0. The summed E-state index contributed by atoms with van der Waals surface area (Å²) in [4.78, 5) is 32.9. The van der Waals surface area contributed by atoms with Crippen LogP contribution < -0.4 is 5.32 Å². The van der Waals surface area contributed by atoms with Crippen molar-refractivity contribution in [1.82, 2.24) is 5.32 Å². The summed E-state index contributed by atoms with van der Waals surface area (Å²) < 4.78 is 0. The van der Waals surface area contributed by atoms with Gasteiger partial charge in [0.25, 0.3) is 0 Å². The molecule has 1 saturated carbocycles. The van der Waals surface area contributed by atoms with E-state index in [9.17, 15) is 14.4 Å². The molecule has 0 bridgehead atoms. The zero-order chi connectivity index (χ0) is 12.8. The van der Waals surface area contributed by atoms with Crippen molar-refractivity contribution in [3.63, 3.8) is 0 Å². The van der Waals surface area contributed by atoms with E-state index < -0.39 is 18.0 Å². The predicted molar refractivity (Wildman–Crippen MR) is 58.4 cm³/mol. The van der Waals surface area contributed by atoms with Crippen LogP contribution in [0.3, 0.4) is 0 Å². The largest absolute Gasteiger partial charge is 0.481 e. The van der Waals surface area contributed by atoms with E-state index in [0.29, 0.717) is 0 Å². The molecule has 0 aromatic heterocycles. The number of amides is 1. The van der Waals surface area contributed by atoms with Gasteiger partial charge in [0, 0.05) is 12.3 Å². The number of carboxylic acid groups (broad SMARTS) is 2. The van der Waals surface area contributed by atoms with E-state index in [-0.39, 0.29) is 24.7 Å². The van der Waals surface area contributed by atoms with E-state index >= 15 is 0 Å². The van der Waals surface area contributed by atoms with Crippen LogP contribution in [-0.2, 0) is 14.4 Å². The second kappa shape index (κ2) is 6.22. The Morgan fingerprint density at radius 1 is 1.18 bits per heavy atom. The number of nitrogens with one attached hydrogen (secondary N) is 1. The quantitative estimate of drug-likeness (QED) is 0.634. The van der Waals surface area contributed by atoms with Gasteiger partial charge < -0.3 is 15.5 Å². The third kappa shape index (κ3) is 4.42. The maximum Gasteiger partial charge on any atom is 0.326 e. The predicted octanol–water partition coefficient (Wildman–Crippen LogP) is 0.611. The Morgan fingerprint density at radius 2 is 1.76 bits per heavy atom. The number of carbonyl (C=O) groups is 3. The Morgan fingerprint density at radius 3 is 2.24 bits per heavy atom. The lowest BCUT2D eigenvalue weighted by Crippen LogP contribution is -2.43. The van der Waals surface area contributed by atoms with E-state index in [2.05, 4.69) is 5.32 Å². The molecule has 1 aliphatic rings. The standard InChI is InChI=1S/C11H17NO5/c13-9(14)6-5-8(11(16)17)12-10(15)7-3-1-2-4-7/h7-8H,1-6H2,(H,12,15)(H,13,14)(H,16,17)/t8-/m0/s1. The van der Waals surface area contributed by atoms with Gasteiger partial charge in [-0.3, -0.25) is 9.59 Å². The van der Waals surface area contributed by atoms with E-state index in [1.807, 2.05) is 0 Å². The Bertz CT molecular complexity index is 309. The SMILES string of the molecule is O=C(O)CC[C@H](NC(=O)C1CCCC1)C(=O)O. The molecule has 1 aliphatic carbocycles. The number of carbonyl (C=O) groups excluding carboxylic acids is 1. The second-order valence-corrected chi connectivity index (χ2v) is 4.31. The topological polar surface area (TPSA) is 104 Å². The van der Waals surface area contributed by atoms with Gasteiger partial charge in [-0.05, 0) is 19.3 Å². The average molecular weight is 243 g/mol. The fourth-order valence-electron chi connectivity index (χ4n) is 2.00. The van der Waals surface area contributed by atoms with Crippen LogP contribution >= 0.6 is 0 Å². The zero-order valence-corrected chi connectivity index (χ0v) is 9.52. The first kappa shape index (κ1) is 13.5. The highest BCUT2D eigenvalue weighted by atomic mass is 16.4. The first-order valence-corrected chi connectivity index (χ1v) is 5.75. The number of hydrogen-bond donors (Lipinski definition) is 3. The average Bonchev–Trinajstić information content (AvgIpc) is 2.76. The lowest BCUT2D eigenvalue weighted by atomic mass is 10.1. The summed E-state index contributed by atoms with van der Waals surface area (Å²) in [7, 11) is 0. The summed E-state index contributed by atoms with van der Waals surface area (Å²) in [5.41, 5.74) is 0. The summed E-state index contributed by atoms with van der Waals surface area (Å²) in [5, 5.41) is 19.8. The van der Waals surface area contributed by atoms with Crippen molar-refractivity contribution in [3.8, 4) is 0 Å². The van der Waals surface area contributed by atoms with Crippen LogP contribution in [0.2, 0.25) is 0 Å². The van der Waals surface area contributed by atoms with Crippen LogP contribution in [0.1, 0.15) is 38.5 Å². The van der Waals surface area contributed by atoms with Gasteiger partial charge in [0.15, 0.2) is 0 Å². The molecule has 1 fully saturated rings. The highest BCUT2D eigenvalue weighted by Gasteiger charge is 2.27. The summed E-state index contributed by atoms with van der Waals surface area (Å²) in [6, 6.07) is -1.10. The highest BCUT2D eigenvalue weighted by Crippen LogP contribution is 2.24. The molecule has 96 valence electrons. The molecule has 1 atom stereocenters. The summed E-state index contributed by atoms with van der Waals surface area (Å²) in [6.07, 6.45) is 3.22. The molecule has 1 rings (SSSR count). The minimum atomic E-state index is -1.18. The molecule has 0 aromatic rings. The molecule has 0 aromatic carbocycles. The number of carboxylic acids is 2. The number of aliphatic carboxylic acids is 2. The minimum Gasteiger partial charge on any atom is -0.481 e. The fraction of sp³-hybridized carbons (Fsp3) is 0.727. The molecule has 0 unspecified atom stereocenters. The monoisotopic (exact) mass is 243 g/mol. The fourth-order valence-corrected chi connectivity index (χ4v) is 2.00. The first-order valence-electron chi connectivity index (χ1n) is 5.75. The van der Waals surface area contributed by atoms with Gasteiger partial charge in [0.2, 0.25) is 5.91 Å². The van der Waals surface area contributed by atoms with Crippen molar-refractivity contribution in [3.05, 3.63) is 0 Å². The maximum absolute atomic E-state index is 11.7. The smallest absolute Gasteiger partial charge is 0.326 e. The molecule has 6 nitrogen and oxygen atoms in total. The normalized spacial score (nSPS) is 17.6. The molecular weight excluding hydrogens is 226 g/mol. The molecule has 3 N–H and O–H groups in total. The maximum atomic E-state index is 11.7. The third-order valence-corrected chi connectivity index (χ3v) is 2.99. The van der Waals surface area contributed by atoms with Gasteiger partial charge >= 0.3 is 11.9 Å². The Kier molecular flexibility index (Phi) is 4.93. The van der Waals surface area contributed by atoms with E-state index in [1.165, 1.54) is 0 Å². The van der Waals surface area contributed by atoms with Gasteiger partial charge in [-0.25, -0.2) is 4.79 Å². The minimum absolute atomic E-state index is 0.0802. The van der Waals surface area contributed by atoms with E-state index in [4.69, 9.17) is 10.2 Å². The molecular formula is C11H17NO5. The van der Waals surface area contributed by atoms with Gasteiger partial charge in [0.1, 0.15) is 6.04 Å². The zero-order valence-electron chi connectivity index (χ0n) is 9.52. The van der Waals surface area contributed by atoms with Crippen molar-refractivity contribution >= 4 is 17.8 Å². The molecule has 0 radical (unpaired) electrons. The van der Waals surface area contributed by atoms with Crippen molar-refractivity contribution in [2.24, 2.45) is 5.92 Å². The molecule has 0 saturated heterocycles. The lowest BCUT2D eigenvalue weighted by Gasteiger charge is -2.16. The molecule has 6 heteroatoms. The molecule has 0 spiro atoms. The molecule has 0 aliphatic heterocycles. The summed E-state index contributed by atoms with van der Waals surface area (Å²) in [5.74, 6) is -2.62. The lowest BCUT2D eigenvalue weighted by molar-refractivity contribution is -0.143. The molecule has 0 heterocycles. The van der Waals surface area contributed by atoms with E-state index in [1.54, 1.807) is 0 Å². The molecule has 1 amide bonds. The Balaban J connectivity index is 2.44.